The van der Waals surface area contributed by atoms with Crippen LogP contribution in [0.4, 0.5) is 0 Å². The van der Waals surface area contributed by atoms with Crippen molar-refractivity contribution in [1.82, 2.24) is 4.90 Å². The molecule has 0 unspecified atom stereocenters. The van der Waals surface area contributed by atoms with E-state index in [-0.39, 0.29) is 30.1 Å². The van der Waals surface area contributed by atoms with Gasteiger partial charge in [-0.15, -0.1) is 0 Å². The molecule has 0 aromatic heterocycles. The smallest absolute Gasteiger partial charge is 0.229 e. The number of carbonyl (C=O) groups is 3. The summed E-state index contributed by atoms with van der Waals surface area (Å²) in [6, 6.07) is 6.68. The molecule has 20 heavy (non-hydrogen) atoms. The van der Waals surface area contributed by atoms with Crippen LogP contribution in [0.1, 0.15) is 30.1 Å². The van der Waals surface area contributed by atoms with E-state index < -0.39 is 0 Å². The van der Waals surface area contributed by atoms with E-state index in [4.69, 9.17) is 4.74 Å². The van der Waals surface area contributed by atoms with E-state index in [2.05, 4.69) is 0 Å². The van der Waals surface area contributed by atoms with Crippen LogP contribution in [0, 0.1) is 5.92 Å². The molecule has 5 nitrogen and oxygen atoms in total. The highest BCUT2D eigenvalue weighted by Gasteiger charge is 2.31. The third-order valence-corrected chi connectivity index (χ3v) is 3.34. The number of piperidine rings is 1. The number of ketones is 1. The number of Topliss-reactive ketones (excluding diaryl/α,β-unsaturated/α-hetero) is 1. The van der Waals surface area contributed by atoms with Gasteiger partial charge in [-0.2, -0.15) is 0 Å². The lowest BCUT2D eigenvalue weighted by molar-refractivity contribution is -0.149. The minimum absolute atomic E-state index is 0.0539. The summed E-state index contributed by atoms with van der Waals surface area (Å²) in [4.78, 5) is 36.9. The summed E-state index contributed by atoms with van der Waals surface area (Å²) in [5.41, 5.74) is 0.434. The fraction of sp³-hybridized carbons (Fsp3) is 0.400. The van der Waals surface area contributed by atoms with Crippen molar-refractivity contribution in [3.8, 4) is 5.75 Å². The van der Waals surface area contributed by atoms with Gasteiger partial charge in [-0.3, -0.25) is 19.3 Å². The van der Waals surface area contributed by atoms with Gasteiger partial charge in [0.2, 0.25) is 11.8 Å². The Hall–Kier alpha value is -2.17. The summed E-state index contributed by atoms with van der Waals surface area (Å²) in [5, 5.41) is 0. The molecule has 0 aliphatic carbocycles. The van der Waals surface area contributed by atoms with Crippen LogP contribution in [-0.2, 0) is 9.59 Å². The Kier molecular flexibility index (Phi) is 4.17. The average molecular weight is 275 g/mol. The fourth-order valence-electron chi connectivity index (χ4n) is 2.24. The van der Waals surface area contributed by atoms with Gasteiger partial charge in [-0.1, -0.05) is 19.1 Å². The Bertz CT molecular complexity index is 535. The van der Waals surface area contributed by atoms with E-state index in [0.717, 1.165) is 4.90 Å². The van der Waals surface area contributed by atoms with Crippen LogP contribution in [0.15, 0.2) is 24.3 Å². The Morgan fingerprint density at radius 2 is 1.95 bits per heavy atom. The van der Waals surface area contributed by atoms with Crippen LogP contribution >= 0.6 is 0 Å². The molecule has 2 rings (SSSR count). The molecule has 0 atom stereocenters. The van der Waals surface area contributed by atoms with Crippen LogP contribution in [0.2, 0.25) is 0 Å². The van der Waals surface area contributed by atoms with Gasteiger partial charge in [0.15, 0.2) is 5.78 Å². The van der Waals surface area contributed by atoms with Crippen molar-refractivity contribution in [3.05, 3.63) is 29.8 Å². The van der Waals surface area contributed by atoms with Crippen LogP contribution in [0.5, 0.6) is 5.75 Å². The van der Waals surface area contributed by atoms with E-state index in [9.17, 15) is 14.4 Å². The quantitative estimate of drug-likeness (QED) is 0.619. The second-order valence-electron chi connectivity index (χ2n) is 5.04. The van der Waals surface area contributed by atoms with Crippen LogP contribution in [0.25, 0.3) is 0 Å². The Morgan fingerprint density at radius 1 is 1.30 bits per heavy atom. The second kappa shape index (κ2) is 5.86. The number of ether oxygens (including phenoxy) is 1. The molecule has 0 spiro atoms. The Morgan fingerprint density at radius 3 is 2.55 bits per heavy atom. The number of rotatable bonds is 4. The number of methoxy groups -OCH3 is 1. The molecule has 106 valence electrons. The molecule has 1 aromatic rings. The van der Waals surface area contributed by atoms with Crippen molar-refractivity contribution in [3.63, 3.8) is 0 Å². The molecule has 0 bridgehead atoms. The fourth-order valence-corrected chi connectivity index (χ4v) is 2.24. The van der Waals surface area contributed by atoms with E-state index >= 15 is 0 Å². The zero-order valence-electron chi connectivity index (χ0n) is 11.6. The van der Waals surface area contributed by atoms with Gasteiger partial charge in [0, 0.05) is 18.4 Å². The van der Waals surface area contributed by atoms with Crippen molar-refractivity contribution < 1.29 is 19.1 Å². The molecule has 1 aromatic carbocycles. The molecular weight excluding hydrogens is 258 g/mol. The van der Waals surface area contributed by atoms with Crippen molar-refractivity contribution in [1.29, 1.82) is 0 Å². The monoisotopic (exact) mass is 275 g/mol. The minimum Gasteiger partial charge on any atom is -0.497 e. The summed E-state index contributed by atoms with van der Waals surface area (Å²) >= 11 is 0. The first-order valence-corrected chi connectivity index (χ1v) is 6.51. The number of likely N-dealkylation sites (tertiary alicyclic amines) is 1. The number of hydrogen-bond donors (Lipinski definition) is 0. The number of imide groups is 1. The third-order valence-electron chi connectivity index (χ3n) is 3.34. The maximum absolute atomic E-state index is 12.2. The standard InChI is InChI=1S/C15H17NO4/c1-10-6-14(18)16(15(19)7-10)9-13(17)11-4-3-5-12(8-11)20-2/h3-5,8,10H,6-7,9H2,1-2H3. The third kappa shape index (κ3) is 3.04. The lowest BCUT2D eigenvalue weighted by atomic mass is 9.97. The summed E-state index contributed by atoms with van der Waals surface area (Å²) in [6.45, 7) is 1.66. The molecule has 0 saturated carbocycles. The summed E-state index contributed by atoms with van der Waals surface area (Å²) in [5.74, 6) is -0.186. The molecule has 2 amide bonds. The molecule has 0 N–H and O–H groups in total. The SMILES string of the molecule is COc1cccc(C(=O)CN2C(=O)CC(C)CC2=O)c1. The number of nitrogens with zero attached hydrogens (tertiary/aromatic N) is 1. The number of hydrogen-bond acceptors (Lipinski definition) is 4. The summed E-state index contributed by atoms with van der Waals surface area (Å²) in [7, 11) is 1.52. The van der Waals surface area contributed by atoms with E-state index in [0.29, 0.717) is 24.2 Å². The van der Waals surface area contributed by atoms with Gasteiger partial charge < -0.3 is 4.74 Å². The van der Waals surface area contributed by atoms with E-state index in [1.807, 2.05) is 6.92 Å². The van der Waals surface area contributed by atoms with E-state index in [1.165, 1.54) is 7.11 Å². The molecule has 1 aliphatic rings. The Labute approximate surface area is 117 Å². The highest BCUT2D eigenvalue weighted by molar-refractivity contribution is 6.05. The summed E-state index contributed by atoms with van der Waals surface area (Å²) < 4.78 is 5.05. The van der Waals surface area contributed by atoms with Gasteiger partial charge in [0.1, 0.15) is 5.75 Å². The maximum atomic E-state index is 12.2. The number of carbonyl (C=O) groups excluding carboxylic acids is 3. The van der Waals surface area contributed by atoms with Crippen molar-refractivity contribution in [2.45, 2.75) is 19.8 Å². The normalized spacial score (nSPS) is 16.4. The summed E-state index contributed by atoms with van der Waals surface area (Å²) in [6.07, 6.45) is 0.633. The van der Waals surface area contributed by atoms with Gasteiger partial charge in [0.25, 0.3) is 0 Å². The first-order valence-electron chi connectivity index (χ1n) is 6.51. The maximum Gasteiger partial charge on any atom is 0.229 e. The molecular formula is C15H17NO4. The molecule has 1 heterocycles. The molecule has 1 fully saturated rings. The minimum atomic E-state index is -0.273. The van der Waals surface area contributed by atoms with Gasteiger partial charge in [0.05, 0.1) is 13.7 Å². The van der Waals surface area contributed by atoms with E-state index in [1.54, 1.807) is 24.3 Å². The van der Waals surface area contributed by atoms with Gasteiger partial charge >= 0.3 is 0 Å². The molecule has 1 aliphatic heterocycles. The van der Waals surface area contributed by atoms with Gasteiger partial charge in [-0.25, -0.2) is 0 Å². The number of amides is 2. The lowest BCUT2D eigenvalue weighted by Gasteiger charge is -2.27. The second-order valence-corrected chi connectivity index (χ2v) is 5.04. The predicted octanol–water partition coefficient (Wildman–Crippen LogP) is 1.66. The first-order chi connectivity index (χ1) is 9.51. The molecule has 1 saturated heterocycles. The zero-order valence-corrected chi connectivity index (χ0v) is 11.6. The predicted molar refractivity (Wildman–Crippen MR) is 72.4 cm³/mol. The highest BCUT2D eigenvalue weighted by atomic mass is 16.5. The van der Waals surface area contributed by atoms with Crippen LogP contribution < -0.4 is 4.74 Å². The molecule has 0 radical (unpaired) electrons. The largest absolute Gasteiger partial charge is 0.497 e. The van der Waals surface area contributed by atoms with Crippen LogP contribution in [-0.4, -0.2) is 36.2 Å². The van der Waals surface area contributed by atoms with Crippen molar-refractivity contribution in [2.75, 3.05) is 13.7 Å². The number of benzene rings is 1. The average Bonchev–Trinajstić information content (AvgIpc) is 2.42. The van der Waals surface area contributed by atoms with Gasteiger partial charge in [-0.05, 0) is 18.1 Å². The van der Waals surface area contributed by atoms with Crippen molar-refractivity contribution >= 4 is 17.6 Å². The van der Waals surface area contributed by atoms with Crippen LogP contribution in [0.3, 0.4) is 0 Å². The van der Waals surface area contributed by atoms with Crippen molar-refractivity contribution in [2.24, 2.45) is 5.92 Å². The zero-order chi connectivity index (χ0) is 14.7. The molecule has 5 heteroatoms. The lowest BCUT2D eigenvalue weighted by Crippen LogP contribution is -2.45. The Balaban J connectivity index is 2.10. The topological polar surface area (TPSA) is 63.7 Å². The highest BCUT2D eigenvalue weighted by Crippen LogP contribution is 2.20. The first kappa shape index (κ1) is 14.2.